The van der Waals surface area contributed by atoms with Crippen LogP contribution in [0.1, 0.15) is 20.9 Å². The van der Waals surface area contributed by atoms with Crippen molar-refractivity contribution in [2.24, 2.45) is 0 Å². The van der Waals surface area contributed by atoms with E-state index in [2.05, 4.69) is 4.98 Å². The summed E-state index contributed by atoms with van der Waals surface area (Å²) < 4.78 is 10.1. The van der Waals surface area contributed by atoms with Gasteiger partial charge in [-0.2, -0.15) is 0 Å². The summed E-state index contributed by atoms with van der Waals surface area (Å²) in [5.41, 5.74) is 3.05. The maximum Gasteiger partial charge on any atom is 0.200 e. The van der Waals surface area contributed by atoms with Crippen LogP contribution >= 0.6 is 11.3 Å². The van der Waals surface area contributed by atoms with Gasteiger partial charge in [0, 0.05) is 0 Å². The molecule has 0 amide bonds. The third-order valence-corrected chi connectivity index (χ3v) is 3.84. The van der Waals surface area contributed by atoms with E-state index in [1.807, 2.05) is 0 Å². The molecule has 0 radical (unpaired) electrons. The van der Waals surface area contributed by atoms with Crippen LogP contribution in [-0.2, 0) is 0 Å². The number of phenols is 1. The van der Waals surface area contributed by atoms with Crippen molar-refractivity contribution in [3.05, 3.63) is 39.9 Å². The van der Waals surface area contributed by atoms with E-state index >= 15 is 0 Å². The molecule has 1 N–H and O–H groups in total. The number of allylic oxidation sites excluding steroid dienone is 1. The molecule has 2 rings (SSSR count). The maximum absolute atomic E-state index is 12.0. The van der Waals surface area contributed by atoms with Crippen LogP contribution in [0.25, 0.3) is 6.08 Å². The first-order chi connectivity index (χ1) is 10.1. The minimum absolute atomic E-state index is 0.0678. The lowest BCUT2D eigenvalue weighted by Crippen LogP contribution is -1.94. The molecule has 0 atom stereocenters. The second kappa shape index (κ2) is 6.41. The molecule has 0 unspecified atom stereocenters. The molecular formula is C15H15NO4S. The van der Waals surface area contributed by atoms with Gasteiger partial charge in [0.15, 0.2) is 17.3 Å². The van der Waals surface area contributed by atoms with Crippen LogP contribution in [0.4, 0.5) is 0 Å². The van der Waals surface area contributed by atoms with Crippen molar-refractivity contribution in [1.82, 2.24) is 4.98 Å². The first-order valence-corrected chi connectivity index (χ1v) is 7.02. The Hall–Kier alpha value is -2.34. The quantitative estimate of drug-likeness (QED) is 0.679. The van der Waals surface area contributed by atoms with E-state index in [-0.39, 0.29) is 23.0 Å². The monoisotopic (exact) mass is 305 g/mol. The number of aromatic nitrogens is 1. The highest BCUT2D eigenvalue weighted by Crippen LogP contribution is 2.37. The average Bonchev–Trinajstić information content (AvgIpc) is 2.92. The molecule has 2 aromatic rings. The second-order valence-electron chi connectivity index (χ2n) is 4.24. The van der Waals surface area contributed by atoms with Gasteiger partial charge in [0.1, 0.15) is 0 Å². The van der Waals surface area contributed by atoms with Crippen molar-refractivity contribution in [3.8, 4) is 17.2 Å². The molecule has 5 nitrogen and oxygen atoms in total. The molecule has 6 heteroatoms. The number of benzene rings is 1. The third kappa shape index (κ3) is 3.22. The normalized spacial score (nSPS) is 10.8. The van der Waals surface area contributed by atoms with Crippen molar-refractivity contribution < 1.29 is 19.4 Å². The summed E-state index contributed by atoms with van der Waals surface area (Å²) in [6.45, 7) is 1.80. The first kappa shape index (κ1) is 15.1. The lowest BCUT2D eigenvalue weighted by Gasteiger charge is -2.09. The van der Waals surface area contributed by atoms with Crippen LogP contribution < -0.4 is 9.47 Å². The Labute approximate surface area is 126 Å². The Morgan fingerprint density at radius 2 is 1.90 bits per heavy atom. The van der Waals surface area contributed by atoms with E-state index in [9.17, 15) is 9.90 Å². The van der Waals surface area contributed by atoms with E-state index in [4.69, 9.17) is 9.47 Å². The van der Waals surface area contributed by atoms with E-state index in [1.54, 1.807) is 30.6 Å². The zero-order chi connectivity index (χ0) is 15.4. The highest BCUT2D eigenvalue weighted by molar-refractivity contribution is 7.12. The summed E-state index contributed by atoms with van der Waals surface area (Å²) in [4.78, 5) is 16.7. The van der Waals surface area contributed by atoms with Gasteiger partial charge in [-0.15, -0.1) is 11.3 Å². The van der Waals surface area contributed by atoms with Gasteiger partial charge in [-0.05, 0) is 30.7 Å². The van der Waals surface area contributed by atoms with Gasteiger partial charge in [-0.25, -0.2) is 4.98 Å². The number of aryl methyl sites for hydroxylation is 1. The molecule has 1 aromatic heterocycles. The molecule has 110 valence electrons. The van der Waals surface area contributed by atoms with Crippen molar-refractivity contribution >= 4 is 23.2 Å². The second-order valence-corrected chi connectivity index (χ2v) is 5.09. The minimum Gasteiger partial charge on any atom is -0.502 e. The number of carbonyl (C=O) groups excluding carboxylic acids is 1. The lowest BCUT2D eigenvalue weighted by atomic mass is 10.1. The van der Waals surface area contributed by atoms with Gasteiger partial charge < -0.3 is 14.6 Å². The van der Waals surface area contributed by atoms with Crippen LogP contribution in [0.3, 0.4) is 0 Å². The average molecular weight is 305 g/mol. The topological polar surface area (TPSA) is 68.7 Å². The zero-order valence-electron chi connectivity index (χ0n) is 11.9. The summed E-state index contributed by atoms with van der Waals surface area (Å²) in [6.07, 6.45) is 3.11. The highest BCUT2D eigenvalue weighted by Gasteiger charge is 2.11. The molecule has 0 saturated heterocycles. The number of ether oxygens (including phenoxy) is 2. The standard InChI is InChI=1S/C15H15NO4S/c1-9-15(21-8-16-9)11(17)5-4-10-6-12(19-2)14(18)13(7-10)20-3/h4-8,18H,1-3H3/b5-4-. The number of rotatable bonds is 5. The van der Waals surface area contributed by atoms with Crippen molar-refractivity contribution in [2.75, 3.05) is 14.2 Å². The summed E-state index contributed by atoms with van der Waals surface area (Å²) in [7, 11) is 2.90. The number of hydrogen-bond acceptors (Lipinski definition) is 6. The van der Waals surface area contributed by atoms with Gasteiger partial charge >= 0.3 is 0 Å². The molecule has 0 aliphatic heterocycles. The van der Waals surface area contributed by atoms with Crippen LogP contribution in [0.15, 0.2) is 23.7 Å². The maximum atomic E-state index is 12.0. The van der Waals surface area contributed by atoms with E-state index in [0.29, 0.717) is 10.4 Å². The van der Waals surface area contributed by atoms with Gasteiger partial charge in [0.2, 0.25) is 5.75 Å². The molecule has 0 bridgehead atoms. The lowest BCUT2D eigenvalue weighted by molar-refractivity contribution is 0.105. The molecular weight excluding hydrogens is 290 g/mol. The fourth-order valence-electron chi connectivity index (χ4n) is 1.80. The predicted molar refractivity (Wildman–Crippen MR) is 81.4 cm³/mol. The summed E-state index contributed by atoms with van der Waals surface area (Å²) >= 11 is 1.31. The van der Waals surface area contributed by atoms with E-state index in [0.717, 1.165) is 5.69 Å². The van der Waals surface area contributed by atoms with Gasteiger partial charge in [0.25, 0.3) is 0 Å². The van der Waals surface area contributed by atoms with Crippen LogP contribution in [0, 0.1) is 6.92 Å². The minimum atomic E-state index is -0.110. The zero-order valence-corrected chi connectivity index (χ0v) is 12.7. The van der Waals surface area contributed by atoms with E-state index in [1.165, 1.54) is 31.6 Å². The molecule has 0 aliphatic carbocycles. The number of phenolic OH excluding ortho intramolecular Hbond substituents is 1. The molecule has 21 heavy (non-hydrogen) atoms. The summed E-state index contributed by atoms with van der Waals surface area (Å²) in [5, 5.41) is 9.83. The Morgan fingerprint density at radius 3 is 2.38 bits per heavy atom. The number of aromatic hydroxyl groups is 1. The number of ketones is 1. The van der Waals surface area contributed by atoms with Crippen LogP contribution in [-0.4, -0.2) is 30.1 Å². The summed E-state index contributed by atoms with van der Waals surface area (Å²) in [6, 6.07) is 3.25. The van der Waals surface area contributed by atoms with Gasteiger partial charge in [-0.1, -0.05) is 6.08 Å². The molecule has 0 saturated carbocycles. The molecule has 0 aliphatic rings. The SMILES string of the molecule is COc1cc(/C=C\C(=O)c2scnc2C)cc(OC)c1O. The Morgan fingerprint density at radius 1 is 1.29 bits per heavy atom. The predicted octanol–water partition coefficient (Wildman–Crippen LogP) is 3.07. The Kier molecular flexibility index (Phi) is 4.59. The number of hydrogen-bond donors (Lipinski definition) is 1. The summed E-state index contributed by atoms with van der Waals surface area (Å²) in [5.74, 6) is 0.397. The molecule has 1 aromatic carbocycles. The number of methoxy groups -OCH3 is 2. The van der Waals surface area contributed by atoms with Crippen molar-refractivity contribution in [2.45, 2.75) is 6.92 Å². The van der Waals surface area contributed by atoms with Gasteiger partial charge in [-0.3, -0.25) is 4.79 Å². The molecule has 0 fully saturated rings. The van der Waals surface area contributed by atoms with E-state index < -0.39 is 0 Å². The smallest absolute Gasteiger partial charge is 0.200 e. The molecule has 1 heterocycles. The van der Waals surface area contributed by atoms with Crippen LogP contribution in [0.2, 0.25) is 0 Å². The number of thiazole rings is 1. The highest BCUT2D eigenvalue weighted by atomic mass is 32.1. The van der Waals surface area contributed by atoms with Gasteiger partial charge in [0.05, 0.1) is 30.3 Å². The van der Waals surface area contributed by atoms with Crippen molar-refractivity contribution in [1.29, 1.82) is 0 Å². The fourth-order valence-corrected chi connectivity index (χ4v) is 2.52. The fraction of sp³-hybridized carbons (Fsp3) is 0.200. The van der Waals surface area contributed by atoms with Crippen LogP contribution in [0.5, 0.6) is 17.2 Å². The Bertz CT molecular complexity index is 666. The third-order valence-electron chi connectivity index (χ3n) is 2.90. The first-order valence-electron chi connectivity index (χ1n) is 6.14. The van der Waals surface area contributed by atoms with Crippen molar-refractivity contribution in [3.63, 3.8) is 0 Å². The number of nitrogens with zero attached hydrogens (tertiary/aromatic N) is 1. The number of carbonyl (C=O) groups is 1. The largest absolute Gasteiger partial charge is 0.502 e. The molecule has 0 spiro atoms. The Balaban J connectivity index is 2.29.